The molecular weight excluding hydrogens is 427 g/mol. The Balaban J connectivity index is 1.66. The number of thiophene rings is 1. The van der Waals surface area contributed by atoms with Gasteiger partial charge in [-0.15, -0.1) is 11.3 Å². The number of carbonyl (C=O) groups is 1. The lowest BCUT2D eigenvalue weighted by atomic mass is 10.2. The minimum atomic E-state index is -0.274. The summed E-state index contributed by atoms with van der Waals surface area (Å²) in [5, 5.41) is 2.96. The molecule has 0 fully saturated rings. The van der Waals surface area contributed by atoms with Gasteiger partial charge >= 0.3 is 0 Å². The molecule has 0 spiro atoms. The molecule has 0 bridgehead atoms. The van der Waals surface area contributed by atoms with Crippen LogP contribution < -0.4 is 5.32 Å². The van der Waals surface area contributed by atoms with Crippen molar-refractivity contribution in [1.82, 2.24) is 9.88 Å². The van der Waals surface area contributed by atoms with Gasteiger partial charge in [-0.1, -0.05) is 48.5 Å². The Morgan fingerprint density at radius 1 is 1.07 bits per heavy atom. The predicted octanol–water partition coefficient (Wildman–Crippen LogP) is 5.58. The number of hydrogen-bond donors (Lipinski definition) is 1. The SMILES string of the molecule is O=C(NCc1ccccc1)c1cc2sc(Br)cc2n1Cc1ccccc1F. The summed E-state index contributed by atoms with van der Waals surface area (Å²) >= 11 is 5.05. The molecule has 2 aromatic carbocycles. The van der Waals surface area contributed by atoms with E-state index in [1.54, 1.807) is 29.5 Å². The molecule has 1 N–H and O–H groups in total. The number of fused-ring (bicyclic) bond motifs is 1. The van der Waals surface area contributed by atoms with Crippen LogP contribution in [0, 0.1) is 5.82 Å². The maximum atomic E-state index is 14.2. The first-order valence-corrected chi connectivity index (χ1v) is 10.1. The van der Waals surface area contributed by atoms with Crippen LogP contribution in [0.3, 0.4) is 0 Å². The zero-order valence-electron chi connectivity index (χ0n) is 14.3. The van der Waals surface area contributed by atoms with Gasteiger partial charge in [0.05, 0.1) is 20.5 Å². The van der Waals surface area contributed by atoms with Crippen molar-refractivity contribution in [3.63, 3.8) is 0 Å². The smallest absolute Gasteiger partial charge is 0.268 e. The number of nitrogens with one attached hydrogen (secondary N) is 1. The average Bonchev–Trinajstić information content (AvgIpc) is 3.19. The minimum absolute atomic E-state index is 0.172. The van der Waals surface area contributed by atoms with Crippen LogP contribution in [0.1, 0.15) is 21.6 Å². The van der Waals surface area contributed by atoms with Crippen LogP contribution in [0.15, 0.2) is 70.5 Å². The molecule has 3 nitrogen and oxygen atoms in total. The second-order valence-electron chi connectivity index (χ2n) is 6.18. The molecule has 0 radical (unpaired) electrons. The molecule has 2 aromatic heterocycles. The maximum absolute atomic E-state index is 14.2. The van der Waals surface area contributed by atoms with Gasteiger partial charge in [-0.3, -0.25) is 4.79 Å². The van der Waals surface area contributed by atoms with E-state index in [1.807, 2.05) is 47.0 Å². The highest BCUT2D eigenvalue weighted by Gasteiger charge is 2.18. The summed E-state index contributed by atoms with van der Waals surface area (Å²) in [5.74, 6) is -0.445. The van der Waals surface area contributed by atoms with E-state index >= 15 is 0 Å². The summed E-state index contributed by atoms with van der Waals surface area (Å²) in [6.45, 7) is 0.745. The second-order valence-corrected chi connectivity index (χ2v) is 8.64. The Kier molecular flexibility index (Phi) is 5.09. The monoisotopic (exact) mass is 442 g/mol. The lowest BCUT2D eigenvalue weighted by molar-refractivity contribution is 0.0942. The molecule has 0 saturated carbocycles. The maximum Gasteiger partial charge on any atom is 0.268 e. The summed E-state index contributed by atoms with van der Waals surface area (Å²) in [7, 11) is 0. The first-order chi connectivity index (χ1) is 13.1. The molecule has 4 aromatic rings. The van der Waals surface area contributed by atoms with Gasteiger partial charge in [0.15, 0.2) is 0 Å². The number of amides is 1. The van der Waals surface area contributed by atoms with E-state index < -0.39 is 0 Å². The van der Waals surface area contributed by atoms with Crippen molar-refractivity contribution in [2.45, 2.75) is 13.1 Å². The topological polar surface area (TPSA) is 34.0 Å². The zero-order valence-corrected chi connectivity index (χ0v) is 16.7. The largest absolute Gasteiger partial charge is 0.347 e. The third-order valence-corrected chi connectivity index (χ3v) is 5.95. The van der Waals surface area contributed by atoms with Crippen molar-refractivity contribution < 1.29 is 9.18 Å². The van der Waals surface area contributed by atoms with Crippen molar-refractivity contribution in [1.29, 1.82) is 0 Å². The summed E-state index contributed by atoms with van der Waals surface area (Å²) in [4.78, 5) is 12.8. The Hall–Kier alpha value is -2.44. The molecule has 2 heterocycles. The second kappa shape index (κ2) is 7.66. The van der Waals surface area contributed by atoms with E-state index in [9.17, 15) is 9.18 Å². The summed E-state index contributed by atoms with van der Waals surface area (Å²) in [6, 6.07) is 20.2. The van der Waals surface area contributed by atoms with Crippen molar-refractivity contribution in [2.24, 2.45) is 0 Å². The number of carbonyl (C=O) groups excluding carboxylic acids is 1. The predicted molar refractivity (Wildman–Crippen MR) is 111 cm³/mol. The number of aromatic nitrogens is 1. The van der Waals surface area contributed by atoms with Crippen LogP contribution >= 0.6 is 27.3 Å². The lowest BCUT2D eigenvalue weighted by Gasteiger charge is -2.12. The van der Waals surface area contributed by atoms with Gasteiger partial charge in [-0.2, -0.15) is 0 Å². The van der Waals surface area contributed by atoms with Crippen molar-refractivity contribution >= 4 is 43.4 Å². The van der Waals surface area contributed by atoms with Crippen LogP contribution in [0.4, 0.5) is 4.39 Å². The third-order valence-electron chi connectivity index (χ3n) is 4.37. The van der Waals surface area contributed by atoms with Gasteiger partial charge in [-0.05, 0) is 39.7 Å². The third kappa shape index (κ3) is 3.82. The molecule has 6 heteroatoms. The Morgan fingerprint density at radius 3 is 2.59 bits per heavy atom. The van der Waals surface area contributed by atoms with Crippen molar-refractivity contribution in [3.05, 3.63) is 93.2 Å². The van der Waals surface area contributed by atoms with E-state index in [4.69, 9.17) is 0 Å². The highest BCUT2D eigenvalue weighted by Crippen LogP contribution is 2.33. The fraction of sp³-hybridized carbons (Fsp3) is 0.0952. The van der Waals surface area contributed by atoms with Crippen LogP contribution in [0.25, 0.3) is 10.2 Å². The standard InChI is InChI=1S/C21H16BrFN2OS/c22-20-11-17-19(27-20)10-18(21(26)24-12-14-6-2-1-3-7-14)25(17)13-15-8-4-5-9-16(15)23/h1-11H,12-13H2,(H,24,26). The zero-order chi connectivity index (χ0) is 18.8. The van der Waals surface area contributed by atoms with Crippen LogP contribution in [0.5, 0.6) is 0 Å². The average molecular weight is 443 g/mol. The molecule has 0 saturated heterocycles. The molecule has 0 atom stereocenters. The number of halogens is 2. The van der Waals surface area contributed by atoms with Crippen molar-refractivity contribution in [3.8, 4) is 0 Å². The van der Waals surface area contributed by atoms with E-state index in [-0.39, 0.29) is 11.7 Å². The van der Waals surface area contributed by atoms with Gasteiger partial charge in [-0.25, -0.2) is 4.39 Å². The normalized spacial score (nSPS) is 11.0. The van der Waals surface area contributed by atoms with Gasteiger partial charge in [0.1, 0.15) is 11.5 Å². The van der Waals surface area contributed by atoms with Crippen LogP contribution in [-0.2, 0) is 13.1 Å². The van der Waals surface area contributed by atoms with Gasteiger partial charge in [0.25, 0.3) is 5.91 Å². The number of nitrogens with zero attached hydrogens (tertiary/aromatic N) is 1. The van der Waals surface area contributed by atoms with Gasteiger partial charge < -0.3 is 9.88 Å². The molecule has 27 heavy (non-hydrogen) atoms. The fourth-order valence-corrected chi connectivity index (χ4v) is 4.60. The Bertz CT molecular complexity index is 1100. The molecule has 4 rings (SSSR count). The molecule has 0 aliphatic rings. The van der Waals surface area contributed by atoms with E-state index in [2.05, 4.69) is 21.2 Å². The number of hydrogen-bond acceptors (Lipinski definition) is 2. The van der Waals surface area contributed by atoms with Crippen molar-refractivity contribution in [2.75, 3.05) is 0 Å². The fourth-order valence-electron chi connectivity index (χ4n) is 3.04. The lowest BCUT2D eigenvalue weighted by Crippen LogP contribution is -2.25. The van der Waals surface area contributed by atoms with Gasteiger partial charge in [0.2, 0.25) is 0 Å². The summed E-state index contributed by atoms with van der Waals surface area (Å²) < 4.78 is 18.0. The molecular formula is C21H16BrFN2OS. The summed E-state index contributed by atoms with van der Waals surface area (Å²) in [6.07, 6.45) is 0. The van der Waals surface area contributed by atoms with Crippen LogP contribution in [-0.4, -0.2) is 10.5 Å². The Labute approximate surface area is 168 Å². The highest BCUT2D eigenvalue weighted by atomic mass is 79.9. The van der Waals surface area contributed by atoms with E-state index in [0.29, 0.717) is 24.3 Å². The highest BCUT2D eigenvalue weighted by molar-refractivity contribution is 9.11. The van der Waals surface area contributed by atoms with Gasteiger partial charge in [0, 0.05) is 12.1 Å². The molecule has 136 valence electrons. The first kappa shape index (κ1) is 17.9. The number of benzene rings is 2. The summed E-state index contributed by atoms with van der Waals surface area (Å²) in [5.41, 5.74) is 3.03. The van der Waals surface area contributed by atoms with E-state index in [1.165, 1.54) is 6.07 Å². The molecule has 1 amide bonds. The first-order valence-electron chi connectivity index (χ1n) is 8.46. The van der Waals surface area contributed by atoms with Crippen LogP contribution in [0.2, 0.25) is 0 Å². The Morgan fingerprint density at radius 2 is 1.81 bits per heavy atom. The molecule has 0 unspecified atom stereocenters. The number of rotatable bonds is 5. The minimum Gasteiger partial charge on any atom is -0.347 e. The molecule has 0 aliphatic carbocycles. The van der Waals surface area contributed by atoms with E-state index in [0.717, 1.165) is 19.6 Å². The molecule has 0 aliphatic heterocycles. The quantitative estimate of drug-likeness (QED) is 0.429.